The van der Waals surface area contributed by atoms with Crippen LogP contribution in [-0.2, 0) is 16.1 Å². The molecule has 3 rings (SSSR count). The first-order valence-electron chi connectivity index (χ1n) is 10.6. The van der Waals surface area contributed by atoms with E-state index >= 15 is 0 Å². The molecule has 2 aliphatic rings. The Morgan fingerprint density at radius 2 is 1.90 bits per heavy atom. The summed E-state index contributed by atoms with van der Waals surface area (Å²) in [6.45, 7) is 1.07. The van der Waals surface area contributed by atoms with E-state index < -0.39 is 17.5 Å². The zero-order valence-corrected chi connectivity index (χ0v) is 16.8. The van der Waals surface area contributed by atoms with Crippen molar-refractivity contribution in [2.45, 2.75) is 63.8 Å². The molecule has 0 aromatic heterocycles. The van der Waals surface area contributed by atoms with Crippen molar-refractivity contribution in [1.29, 1.82) is 0 Å². The fraction of sp³-hybridized carbons (Fsp3) is 0.682. The Bertz CT molecular complexity index is 647. The number of rotatable bonds is 8. The first-order valence-corrected chi connectivity index (χ1v) is 10.6. The van der Waals surface area contributed by atoms with Crippen molar-refractivity contribution in [3.63, 3.8) is 0 Å². The summed E-state index contributed by atoms with van der Waals surface area (Å²) in [5, 5.41) is 2.53. The van der Waals surface area contributed by atoms with Gasteiger partial charge in [0, 0.05) is 26.2 Å². The SMILES string of the molecule is O=C(NCCCOC1CCCCC1)C1(C(F)(F)F)CCN(Cc2ccccc2)C1. The molecule has 0 bridgehead atoms. The Morgan fingerprint density at radius 1 is 1.17 bits per heavy atom. The largest absolute Gasteiger partial charge is 0.404 e. The second kappa shape index (κ2) is 9.94. The molecule has 1 heterocycles. The van der Waals surface area contributed by atoms with Crippen LogP contribution in [0.1, 0.15) is 50.5 Å². The molecule has 1 aromatic rings. The average molecular weight is 412 g/mol. The number of carbonyl (C=O) groups excluding carboxylic acids is 1. The summed E-state index contributed by atoms with van der Waals surface area (Å²) >= 11 is 0. The number of halogens is 3. The maximum absolute atomic E-state index is 13.9. The molecule has 2 fully saturated rings. The molecule has 162 valence electrons. The van der Waals surface area contributed by atoms with Gasteiger partial charge in [-0.1, -0.05) is 49.6 Å². The number of alkyl halides is 3. The molecule has 1 amide bonds. The van der Waals surface area contributed by atoms with Crippen LogP contribution in [0.25, 0.3) is 0 Å². The molecular formula is C22H31F3N2O2. The Labute approximate surface area is 170 Å². The molecule has 0 radical (unpaired) electrons. The van der Waals surface area contributed by atoms with Gasteiger partial charge in [0.15, 0.2) is 5.41 Å². The highest BCUT2D eigenvalue weighted by Crippen LogP contribution is 2.46. The van der Waals surface area contributed by atoms with Crippen LogP contribution in [0, 0.1) is 5.41 Å². The van der Waals surface area contributed by atoms with E-state index in [1.165, 1.54) is 19.3 Å². The van der Waals surface area contributed by atoms with Crippen molar-refractivity contribution in [3.05, 3.63) is 35.9 Å². The average Bonchev–Trinajstić information content (AvgIpc) is 3.14. The third-order valence-corrected chi connectivity index (χ3v) is 6.09. The molecular weight excluding hydrogens is 381 g/mol. The van der Waals surface area contributed by atoms with E-state index in [1.54, 1.807) is 4.90 Å². The standard InChI is InChI=1S/C22H31F3N2O2/c23-22(24,25)21(12-14-27(17-21)16-18-8-3-1-4-9-18)20(28)26-13-7-15-29-19-10-5-2-6-11-19/h1,3-4,8-9,19H,2,5-7,10-17H2,(H,26,28). The molecule has 1 saturated carbocycles. The van der Waals surface area contributed by atoms with Crippen LogP contribution < -0.4 is 5.32 Å². The molecule has 29 heavy (non-hydrogen) atoms. The molecule has 7 heteroatoms. The van der Waals surface area contributed by atoms with Gasteiger partial charge in [-0.3, -0.25) is 9.69 Å². The zero-order chi connectivity index (χ0) is 20.7. The maximum Gasteiger partial charge on any atom is 0.404 e. The topological polar surface area (TPSA) is 41.6 Å². The minimum absolute atomic E-state index is 0.201. The highest BCUT2D eigenvalue weighted by atomic mass is 19.4. The molecule has 0 spiro atoms. The number of benzene rings is 1. The van der Waals surface area contributed by atoms with E-state index in [2.05, 4.69) is 5.32 Å². The minimum Gasteiger partial charge on any atom is -0.378 e. The number of likely N-dealkylation sites (tertiary alicyclic amines) is 1. The number of ether oxygens (including phenoxy) is 1. The predicted molar refractivity (Wildman–Crippen MR) is 105 cm³/mol. The number of hydrogen-bond acceptors (Lipinski definition) is 3. The number of carbonyl (C=O) groups is 1. The second-order valence-electron chi connectivity index (χ2n) is 8.27. The van der Waals surface area contributed by atoms with E-state index in [9.17, 15) is 18.0 Å². The van der Waals surface area contributed by atoms with Crippen LogP contribution in [0.4, 0.5) is 13.2 Å². The van der Waals surface area contributed by atoms with E-state index in [4.69, 9.17) is 4.74 Å². The quantitative estimate of drug-likeness (QED) is 0.648. The van der Waals surface area contributed by atoms with Crippen molar-refractivity contribution in [3.8, 4) is 0 Å². The lowest BCUT2D eigenvalue weighted by Crippen LogP contribution is -2.52. The minimum atomic E-state index is -4.57. The van der Waals surface area contributed by atoms with Crippen LogP contribution in [0.2, 0.25) is 0 Å². The van der Waals surface area contributed by atoms with Crippen LogP contribution >= 0.6 is 0 Å². The van der Waals surface area contributed by atoms with Crippen LogP contribution in [-0.4, -0.2) is 49.3 Å². The predicted octanol–water partition coefficient (Wildman–Crippen LogP) is 4.30. The van der Waals surface area contributed by atoms with E-state index in [0.717, 1.165) is 18.4 Å². The van der Waals surface area contributed by atoms with Gasteiger partial charge in [0.1, 0.15) is 0 Å². The van der Waals surface area contributed by atoms with Crippen molar-refractivity contribution >= 4 is 5.91 Å². The highest BCUT2D eigenvalue weighted by molar-refractivity contribution is 5.84. The number of nitrogens with one attached hydrogen (secondary N) is 1. The van der Waals surface area contributed by atoms with E-state index in [1.807, 2.05) is 30.3 Å². The Kier molecular flexibility index (Phi) is 7.57. The normalized spacial score (nSPS) is 24.0. The van der Waals surface area contributed by atoms with Crippen LogP contribution in [0.5, 0.6) is 0 Å². The third kappa shape index (κ3) is 5.72. The molecule has 1 aliphatic heterocycles. The van der Waals surface area contributed by atoms with Crippen molar-refractivity contribution in [1.82, 2.24) is 10.2 Å². The monoisotopic (exact) mass is 412 g/mol. The summed E-state index contributed by atoms with van der Waals surface area (Å²) in [6, 6.07) is 9.38. The summed E-state index contributed by atoms with van der Waals surface area (Å²) < 4.78 is 47.4. The molecule has 1 aromatic carbocycles. The smallest absolute Gasteiger partial charge is 0.378 e. The number of amides is 1. The lowest BCUT2D eigenvalue weighted by molar-refractivity contribution is -0.218. The number of hydrogen-bond donors (Lipinski definition) is 1. The first kappa shape index (κ1) is 22.1. The van der Waals surface area contributed by atoms with Crippen LogP contribution in [0.3, 0.4) is 0 Å². The fourth-order valence-electron chi connectivity index (χ4n) is 4.34. The van der Waals surface area contributed by atoms with Crippen molar-refractivity contribution < 1.29 is 22.7 Å². The lowest BCUT2D eigenvalue weighted by Gasteiger charge is -2.30. The van der Waals surface area contributed by atoms with Gasteiger partial charge >= 0.3 is 6.18 Å². The Morgan fingerprint density at radius 3 is 2.59 bits per heavy atom. The van der Waals surface area contributed by atoms with Gasteiger partial charge < -0.3 is 10.1 Å². The molecule has 4 nitrogen and oxygen atoms in total. The summed E-state index contributed by atoms with van der Waals surface area (Å²) in [5.74, 6) is -0.904. The van der Waals surface area contributed by atoms with Crippen molar-refractivity contribution in [2.75, 3.05) is 26.2 Å². The van der Waals surface area contributed by atoms with Crippen molar-refractivity contribution in [2.24, 2.45) is 5.41 Å². The Balaban J connectivity index is 1.48. The molecule has 1 unspecified atom stereocenters. The van der Waals surface area contributed by atoms with Gasteiger partial charge in [-0.05, 0) is 37.8 Å². The molecule has 1 aliphatic carbocycles. The first-order chi connectivity index (χ1) is 13.9. The van der Waals surface area contributed by atoms with Gasteiger partial charge in [-0.15, -0.1) is 0 Å². The summed E-state index contributed by atoms with van der Waals surface area (Å²) in [6.07, 6.45) is 1.74. The molecule has 1 N–H and O–H groups in total. The van der Waals surface area contributed by atoms with E-state index in [-0.39, 0.29) is 32.2 Å². The van der Waals surface area contributed by atoms with Gasteiger partial charge in [-0.25, -0.2) is 0 Å². The second-order valence-corrected chi connectivity index (χ2v) is 8.27. The van der Waals surface area contributed by atoms with Gasteiger partial charge in [0.05, 0.1) is 6.10 Å². The fourth-order valence-corrected chi connectivity index (χ4v) is 4.34. The summed E-state index contributed by atoms with van der Waals surface area (Å²) in [5.41, 5.74) is -1.38. The highest BCUT2D eigenvalue weighted by Gasteiger charge is 2.62. The zero-order valence-electron chi connectivity index (χ0n) is 16.8. The summed E-state index contributed by atoms with van der Waals surface area (Å²) in [7, 11) is 0. The van der Waals surface area contributed by atoms with E-state index in [0.29, 0.717) is 19.6 Å². The van der Waals surface area contributed by atoms with Gasteiger partial charge in [0.2, 0.25) is 5.91 Å². The van der Waals surface area contributed by atoms with Crippen LogP contribution in [0.15, 0.2) is 30.3 Å². The maximum atomic E-state index is 13.9. The molecule has 1 saturated heterocycles. The third-order valence-electron chi connectivity index (χ3n) is 6.09. The molecule has 1 atom stereocenters. The van der Waals surface area contributed by atoms with Gasteiger partial charge in [0.25, 0.3) is 0 Å². The lowest BCUT2D eigenvalue weighted by atomic mass is 9.85. The summed E-state index contributed by atoms with van der Waals surface area (Å²) in [4.78, 5) is 14.3. The Hall–Kier alpha value is -1.60. The van der Waals surface area contributed by atoms with Gasteiger partial charge in [-0.2, -0.15) is 13.2 Å². The number of nitrogens with zero attached hydrogens (tertiary/aromatic N) is 1.